The predicted molar refractivity (Wildman–Crippen MR) is 262 cm³/mol. The highest BCUT2D eigenvalue weighted by Crippen LogP contribution is 2.31. The molecule has 0 unspecified atom stereocenters. The molecule has 65 heavy (non-hydrogen) atoms. The average Bonchev–Trinajstić information content (AvgIpc) is 3.36. The minimum absolute atomic E-state index is 0.0554. The summed E-state index contributed by atoms with van der Waals surface area (Å²) in [5.41, 5.74) is 14.2. The minimum Gasteiger partial charge on any atom is -0.466 e. The maximum Gasteiger partial charge on any atom is 0.330 e. The Bertz CT molecular complexity index is 2370. The molecule has 2 aliphatic rings. The number of anilines is 4. The zero-order valence-electron chi connectivity index (χ0n) is 37.7. The van der Waals surface area contributed by atoms with Crippen molar-refractivity contribution in [1.82, 2.24) is 0 Å². The number of hydrogen-bond donors (Lipinski definition) is 2. The summed E-state index contributed by atoms with van der Waals surface area (Å²) >= 11 is 0. The van der Waals surface area contributed by atoms with Gasteiger partial charge in [0.05, 0.1) is 27.3 Å². The Morgan fingerprint density at radius 1 is 0.554 bits per heavy atom. The SMILES string of the molecule is COC(=O)/C=C/c1cccc(N(Cc2ccc(N)cc2)C(=O)C2CCCCC2)c1.COC(=O)/C=C/c1cccc(N(Cc2ccc(NCc3ccccc3)cc2)C(=O)C2CCCCC2)c1. The van der Waals surface area contributed by atoms with E-state index in [9.17, 15) is 19.2 Å². The van der Waals surface area contributed by atoms with Gasteiger partial charge < -0.3 is 30.3 Å². The van der Waals surface area contributed by atoms with Crippen molar-refractivity contribution in [3.63, 3.8) is 0 Å². The van der Waals surface area contributed by atoms with Gasteiger partial charge in [-0.3, -0.25) is 9.59 Å². The normalized spacial score (nSPS) is 14.2. The van der Waals surface area contributed by atoms with Crippen LogP contribution in [0.25, 0.3) is 12.2 Å². The lowest BCUT2D eigenvalue weighted by molar-refractivity contribution is -0.135. The topological polar surface area (TPSA) is 131 Å². The molecule has 5 aromatic rings. The number of ether oxygens (including phenoxy) is 2. The maximum absolute atomic E-state index is 13.7. The van der Waals surface area contributed by atoms with E-state index in [1.807, 2.05) is 101 Å². The molecule has 5 aromatic carbocycles. The van der Waals surface area contributed by atoms with Crippen LogP contribution in [-0.2, 0) is 48.3 Å². The summed E-state index contributed by atoms with van der Waals surface area (Å²) in [6, 6.07) is 41.6. The summed E-state index contributed by atoms with van der Waals surface area (Å²) in [6.45, 7) is 1.75. The number of nitrogens with one attached hydrogen (secondary N) is 1. The van der Waals surface area contributed by atoms with Gasteiger partial charge in [-0.05, 0) is 114 Å². The van der Waals surface area contributed by atoms with Gasteiger partial charge in [-0.25, -0.2) is 9.59 Å². The van der Waals surface area contributed by atoms with Crippen LogP contribution in [0.4, 0.5) is 22.7 Å². The van der Waals surface area contributed by atoms with Crippen molar-refractivity contribution in [3.05, 3.63) is 167 Å². The fourth-order valence-electron chi connectivity index (χ4n) is 8.31. The van der Waals surface area contributed by atoms with Gasteiger partial charge in [0.1, 0.15) is 0 Å². The third kappa shape index (κ3) is 14.8. The van der Waals surface area contributed by atoms with Crippen LogP contribution >= 0.6 is 0 Å². The number of amides is 2. The summed E-state index contributed by atoms with van der Waals surface area (Å²) in [5.74, 6) is -0.360. The number of nitrogens with zero attached hydrogens (tertiary/aromatic N) is 2. The predicted octanol–water partition coefficient (Wildman–Crippen LogP) is 11.2. The summed E-state index contributed by atoms with van der Waals surface area (Å²) in [7, 11) is 2.70. The van der Waals surface area contributed by atoms with E-state index in [-0.39, 0.29) is 23.7 Å². The second-order valence-electron chi connectivity index (χ2n) is 16.7. The first-order valence-electron chi connectivity index (χ1n) is 22.7. The summed E-state index contributed by atoms with van der Waals surface area (Å²) in [6.07, 6.45) is 16.8. The van der Waals surface area contributed by atoms with Gasteiger partial charge >= 0.3 is 11.9 Å². The van der Waals surface area contributed by atoms with Gasteiger partial charge in [0, 0.05) is 53.3 Å². The van der Waals surface area contributed by atoms with Crippen LogP contribution in [-0.4, -0.2) is 38.0 Å². The number of rotatable bonds is 15. The quantitative estimate of drug-likeness (QED) is 0.0604. The minimum atomic E-state index is -0.410. The zero-order chi connectivity index (χ0) is 45.8. The molecule has 10 heteroatoms. The van der Waals surface area contributed by atoms with E-state index in [0.717, 1.165) is 97.2 Å². The largest absolute Gasteiger partial charge is 0.466 e. The fourth-order valence-corrected chi connectivity index (χ4v) is 8.31. The molecule has 0 atom stereocenters. The van der Waals surface area contributed by atoms with Crippen LogP contribution < -0.4 is 20.9 Å². The molecule has 0 aliphatic heterocycles. The number of carbonyl (C=O) groups excluding carboxylic acids is 4. The zero-order valence-corrected chi connectivity index (χ0v) is 37.7. The lowest BCUT2D eigenvalue weighted by Gasteiger charge is -2.30. The summed E-state index contributed by atoms with van der Waals surface area (Å²) in [5, 5.41) is 3.46. The fraction of sp³-hybridized carbons (Fsp3) is 0.309. The van der Waals surface area contributed by atoms with Crippen LogP contribution in [0.3, 0.4) is 0 Å². The van der Waals surface area contributed by atoms with Crippen molar-refractivity contribution in [2.75, 3.05) is 35.1 Å². The summed E-state index contributed by atoms with van der Waals surface area (Å²) < 4.78 is 9.36. The number of nitrogen functional groups attached to an aromatic ring is 1. The average molecular weight is 875 g/mol. The van der Waals surface area contributed by atoms with Crippen molar-refractivity contribution in [3.8, 4) is 0 Å². The van der Waals surface area contributed by atoms with E-state index >= 15 is 0 Å². The van der Waals surface area contributed by atoms with Crippen LogP contribution in [0.2, 0.25) is 0 Å². The molecule has 338 valence electrons. The molecule has 2 aliphatic carbocycles. The Kier molecular flexibility index (Phi) is 18.1. The van der Waals surface area contributed by atoms with E-state index in [2.05, 4.69) is 46.5 Å². The van der Waals surface area contributed by atoms with Gasteiger partial charge in [-0.1, -0.05) is 117 Å². The van der Waals surface area contributed by atoms with E-state index in [1.165, 1.54) is 44.8 Å². The van der Waals surface area contributed by atoms with E-state index in [4.69, 9.17) is 10.5 Å². The van der Waals surface area contributed by atoms with Gasteiger partial charge in [0.2, 0.25) is 11.8 Å². The number of nitrogens with two attached hydrogens (primary N) is 1. The van der Waals surface area contributed by atoms with Crippen molar-refractivity contribution >= 4 is 58.7 Å². The highest BCUT2D eigenvalue weighted by molar-refractivity contribution is 5.96. The molecule has 0 radical (unpaired) electrons. The smallest absolute Gasteiger partial charge is 0.330 e. The molecule has 3 N–H and O–H groups in total. The molecule has 0 bridgehead atoms. The maximum atomic E-state index is 13.7. The Hall–Kier alpha value is -6.94. The number of esters is 2. The van der Waals surface area contributed by atoms with Crippen molar-refractivity contribution in [2.45, 2.75) is 83.8 Å². The number of benzene rings is 5. The Labute approximate surface area is 384 Å². The van der Waals surface area contributed by atoms with Crippen LogP contribution in [0.15, 0.2) is 140 Å². The third-order valence-electron chi connectivity index (χ3n) is 12.0. The molecule has 0 spiro atoms. The second kappa shape index (κ2) is 24.8. The van der Waals surface area contributed by atoms with Gasteiger partial charge in [0.15, 0.2) is 0 Å². The van der Waals surface area contributed by atoms with E-state index in [0.29, 0.717) is 18.8 Å². The molecule has 2 saturated carbocycles. The third-order valence-corrected chi connectivity index (χ3v) is 12.0. The Morgan fingerprint density at radius 2 is 1.00 bits per heavy atom. The Balaban J connectivity index is 0.000000221. The van der Waals surface area contributed by atoms with Crippen LogP contribution in [0, 0.1) is 11.8 Å². The van der Waals surface area contributed by atoms with Crippen LogP contribution in [0.1, 0.15) is 92.0 Å². The van der Waals surface area contributed by atoms with Crippen molar-refractivity contribution in [1.29, 1.82) is 0 Å². The molecule has 0 heterocycles. The molecular weight excluding hydrogens is 813 g/mol. The molecular formula is C55H62N4O6. The van der Waals surface area contributed by atoms with E-state index < -0.39 is 11.9 Å². The molecule has 7 rings (SSSR count). The molecule has 0 saturated heterocycles. The monoisotopic (exact) mass is 874 g/mol. The summed E-state index contributed by atoms with van der Waals surface area (Å²) in [4.78, 5) is 53.8. The standard InChI is InChI=1S/C31H34N2O3.C24H28N2O3/c1-36-30(34)20-17-24-11-8-14-29(21-24)33(31(35)27-12-6-3-7-13-27)23-26-15-18-28(19-16-26)32-22-25-9-4-2-5-10-25;1-29-23(27)15-12-18-6-5-9-22(16-18)26(17-19-10-13-21(25)14-11-19)24(28)20-7-3-2-4-8-20/h2,4-5,8-11,14-21,27,32H,3,6-7,12-13,22-23H2,1H3;5-6,9-16,20H,2-4,7-8,17,25H2,1H3/b20-17+;15-12+. The van der Waals surface area contributed by atoms with Crippen LogP contribution in [0.5, 0.6) is 0 Å². The molecule has 2 amide bonds. The highest BCUT2D eigenvalue weighted by atomic mass is 16.5. The first-order valence-corrected chi connectivity index (χ1v) is 22.7. The van der Waals surface area contributed by atoms with Crippen molar-refractivity contribution in [2.24, 2.45) is 11.8 Å². The molecule has 2 fully saturated rings. The number of methoxy groups -OCH3 is 2. The second-order valence-corrected chi connectivity index (χ2v) is 16.7. The number of hydrogen-bond acceptors (Lipinski definition) is 8. The highest BCUT2D eigenvalue weighted by Gasteiger charge is 2.28. The lowest BCUT2D eigenvalue weighted by atomic mass is 9.88. The first kappa shape index (κ1) is 47.5. The van der Waals surface area contributed by atoms with E-state index in [1.54, 1.807) is 12.2 Å². The molecule has 10 nitrogen and oxygen atoms in total. The van der Waals surface area contributed by atoms with Gasteiger partial charge in [-0.2, -0.15) is 0 Å². The first-order chi connectivity index (χ1) is 31.7. The van der Waals surface area contributed by atoms with Gasteiger partial charge in [-0.15, -0.1) is 0 Å². The Morgan fingerprint density at radius 3 is 1.45 bits per heavy atom. The number of carbonyl (C=O) groups is 4. The van der Waals surface area contributed by atoms with Gasteiger partial charge in [0.25, 0.3) is 0 Å². The van der Waals surface area contributed by atoms with Crippen molar-refractivity contribution < 1.29 is 28.7 Å². The lowest BCUT2D eigenvalue weighted by Crippen LogP contribution is -2.36. The molecule has 0 aromatic heterocycles.